The van der Waals surface area contributed by atoms with Gasteiger partial charge in [-0.3, -0.25) is 32.5 Å². The van der Waals surface area contributed by atoms with E-state index < -0.39 is 91.5 Å². The molecule has 5 atom stereocenters. The summed E-state index contributed by atoms with van der Waals surface area (Å²) >= 11 is 0. The molecule has 0 saturated carbocycles. The van der Waals surface area contributed by atoms with Crippen molar-refractivity contribution in [3.8, 4) is 0 Å². The minimum atomic E-state index is -4.93. The first-order valence-electron chi connectivity index (χ1n) is 39.5. The largest absolute Gasteiger partial charge is 0.472 e. The van der Waals surface area contributed by atoms with Gasteiger partial charge in [-0.2, -0.15) is 0 Å². The topological polar surface area (TPSA) is 231 Å². The van der Waals surface area contributed by atoms with Gasteiger partial charge in [0.1, 0.15) is 25.4 Å². The lowest BCUT2D eigenvalue weighted by molar-refractivity contribution is -0.161. The predicted molar refractivity (Wildman–Crippen MR) is 417 cm³/mol. The number of hydrogen-bond donors (Lipinski definition) is 4. The number of unbranched alkanes of at least 4 members (excludes halogenated alkanes) is 29. The summed E-state index contributed by atoms with van der Waals surface area (Å²) in [6.07, 6.45) is 91.0. The molecule has 16 nitrogen and oxygen atoms in total. The van der Waals surface area contributed by atoms with Crippen LogP contribution in [0.25, 0.3) is 0 Å². The Hall–Kier alpha value is -4.31. The fraction of sp³-hybridized carbons (Fsp3) is 0.699. The molecule has 0 heterocycles. The third-order valence-corrected chi connectivity index (χ3v) is 18.2. The second-order valence-corrected chi connectivity index (χ2v) is 29.0. The van der Waals surface area contributed by atoms with Crippen LogP contribution in [0.1, 0.15) is 316 Å². The van der Waals surface area contributed by atoms with Crippen LogP contribution in [0.15, 0.2) is 134 Å². The molecule has 0 bridgehead atoms. The number of aliphatic hydroxyl groups excluding tert-OH is 2. The minimum Gasteiger partial charge on any atom is -0.463 e. The van der Waals surface area contributed by atoms with Crippen LogP contribution in [0.2, 0.25) is 0 Å². The summed E-state index contributed by atoms with van der Waals surface area (Å²) in [5.41, 5.74) is 0. The molecule has 0 aliphatic heterocycles. The molecule has 0 aliphatic carbocycles. The van der Waals surface area contributed by atoms with Crippen molar-refractivity contribution in [1.82, 2.24) is 0 Å². The van der Waals surface area contributed by atoms with Gasteiger partial charge in [-0.25, -0.2) is 9.13 Å². The first-order chi connectivity index (χ1) is 49.2. The molecule has 0 aromatic heterocycles. The van der Waals surface area contributed by atoms with E-state index in [0.717, 1.165) is 154 Å². The van der Waals surface area contributed by atoms with Crippen molar-refractivity contribution in [2.24, 2.45) is 0 Å². The molecular formula is C83H142O16P2. The molecule has 0 rings (SSSR count). The lowest BCUT2D eigenvalue weighted by Gasteiger charge is -2.21. The van der Waals surface area contributed by atoms with Crippen LogP contribution in [0, 0.1) is 0 Å². The van der Waals surface area contributed by atoms with Crippen LogP contribution in [-0.4, -0.2) is 95.9 Å². The Morgan fingerprint density at radius 2 is 0.525 bits per heavy atom. The average Bonchev–Trinajstić information content (AvgIpc) is 0.948. The molecule has 101 heavy (non-hydrogen) atoms. The third kappa shape index (κ3) is 76.6. The molecule has 0 saturated heterocycles. The van der Waals surface area contributed by atoms with Gasteiger partial charge in [-0.05, 0) is 128 Å². The first kappa shape index (κ1) is 96.7. The lowest BCUT2D eigenvalue weighted by atomic mass is 10.0. The van der Waals surface area contributed by atoms with Gasteiger partial charge in [0.05, 0.1) is 26.4 Å². The van der Waals surface area contributed by atoms with Gasteiger partial charge in [0.25, 0.3) is 0 Å². The molecule has 580 valence electrons. The average molecular weight is 1460 g/mol. The summed E-state index contributed by atoms with van der Waals surface area (Å²) in [5, 5.41) is 20.6. The Morgan fingerprint density at radius 3 is 0.842 bits per heavy atom. The number of esters is 3. The summed E-state index contributed by atoms with van der Waals surface area (Å²) in [4.78, 5) is 58.5. The molecular weight excluding hydrogens is 1310 g/mol. The standard InChI is InChI=1S/C83H142O16P2/c1-4-7-10-13-16-19-22-24-26-28-30-32-33-34-35-36-37-38-39-40-41-42-43-45-47-48-50-52-55-57-60-63-66-69-81(86)93-72-78(84)73-95-100(89,90)96-74-79(85)75-97-101(91,92)98-77-80(99-83(88)71-68-65-62-59-54-21-18-15-12-9-6-3)76-94-82(87)70-67-64-61-58-56-53-51-49-46-44-31-29-27-25-23-20-17-14-11-8-5-2/h7-8,10-11,15-20,24-27,30-32,34-35,44,49,51,78-80,84-85H,4-6,9,12-14,21-23,28-29,33,36-43,45-48,50,52-77H2,1-3H3,(H,89,90)(H,91,92)/b10-7-,11-8-,18-15-,19-16-,20-17-,26-24-,27-25-,32-30-,35-34-,44-31-,51-49-. The van der Waals surface area contributed by atoms with E-state index in [1.165, 1.54) is 103 Å². The number of carbonyl (C=O) groups is 3. The number of aliphatic hydroxyl groups is 2. The monoisotopic (exact) mass is 1460 g/mol. The molecule has 0 aromatic rings. The van der Waals surface area contributed by atoms with Crippen molar-refractivity contribution in [2.45, 2.75) is 334 Å². The van der Waals surface area contributed by atoms with E-state index in [1.54, 1.807) is 0 Å². The minimum absolute atomic E-state index is 0.0874. The quantitative estimate of drug-likeness (QED) is 0.0146. The van der Waals surface area contributed by atoms with Crippen LogP contribution in [0.3, 0.4) is 0 Å². The molecule has 0 aliphatic rings. The number of carbonyl (C=O) groups excluding carboxylic acids is 3. The fourth-order valence-corrected chi connectivity index (χ4v) is 12.0. The highest BCUT2D eigenvalue weighted by Crippen LogP contribution is 2.45. The summed E-state index contributed by atoms with van der Waals surface area (Å²) in [6.45, 7) is 2.38. The van der Waals surface area contributed by atoms with Crippen LogP contribution in [0.4, 0.5) is 0 Å². The van der Waals surface area contributed by atoms with Crippen LogP contribution in [-0.2, 0) is 55.8 Å². The Bertz CT molecular complexity index is 2370. The van der Waals surface area contributed by atoms with E-state index in [-0.39, 0.29) is 19.3 Å². The van der Waals surface area contributed by atoms with Gasteiger partial charge in [0.15, 0.2) is 6.10 Å². The Balaban J connectivity index is 4.38. The first-order valence-corrected chi connectivity index (χ1v) is 42.5. The Morgan fingerprint density at radius 1 is 0.287 bits per heavy atom. The second-order valence-electron chi connectivity index (χ2n) is 26.1. The lowest BCUT2D eigenvalue weighted by Crippen LogP contribution is -2.30. The van der Waals surface area contributed by atoms with E-state index in [2.05, 4.69) is 154 Å². The Labute approximate surface area is 614 Å². The summed E-state index contributed by atoms with van der Waals surface area (Å²) < 4.78 is 61.0. The van der Waals surface area contributed by atoms with Gasteiger partial charge in [0.2, 0.25) is 0 Å². The molecule has 4 N–H and O–H groups in total. The normalized spacial score (nSPS) is 14.7. The fourth-order valence-electron chi connectivity index (χ4n) is 10.4. The summed E-state index contributed by atoms with van der Waals surface area (Å²) in [5.74, 6) is -1.61. The molecule has 0 amide bonds. The molecule has 18 heteroatoms. The zero-order valence-corrected chi connectivity index (χ0v) is 65.1. The highest BCUT2D eigenvalue weighted by atomic mass is 31.2. The maximum atomic E-state index is 12.9. The number of phosphoric acid groups is 2. The number of allylic oxidation sites excluding steroid dienone is 22. The van der Waals surface area contributed by atoms with Crippen molar-refractivity contribution in [3.63, 3.8) is 0 Å². The van der Waals surface area contributed by atoms with E-state index >= 15 is 0 Å². The predicted octanol–water partition coefficient (Wildman–Crippen LogP) is 23.1. The third-order valence-electron chi connectivity index (χ3n) is 16.3. The van der Waals surface area contributed by atoms with Gasteiger partial charge in [-0.1, -0.05) is 302 Å². The summed E-state index contributed by atoms with van der Waals surface area (Å²) in [7, 11) is -9.79. The van der Waals surface area contributed by atoms with E-state index in [4.69, 9.17) is 32.3 Å². The van der Waals surface area contributed by atoms with Crippen molar-refractivity contribution in [3.05, 3.63) is 134 Å². The highest BCUT2D eigenvalue weighted by molar-refractivity contribution is 7.47. The number of phosphoric ester groups is 2. The van der Waals surface area contributed by atoms with Gasteiger partial charge in [0, 0.05) is 19.3 Å². The zero-order valence-electron chi connectivity index (χ0n) is 63.3. The van der Waals surface area contributed by atoms with E-state index in [0.29, 0.717) is 19.3 Å². The SMILES string of the molecule is CC/C=C\C/C=C\C/C=C\C/C=C\C/C=C\CCCCCCCCCCCCCCCCCCCC(=O)OCC(O)COP(=O)(O)OCC(O)COP(=O)(O)OCC(COC(=O)CCCCCCC/C=C\C/C=C\C/C=C\C/C=C\C/C=C\CC)OC(=O)CCCCCCC/C=C\CCCC. The van der Waals surface area contributed by atoms with Crippen molar-refractivity contribution in [1.29, 1.82) is 0 Å². The summed E-state index contributed by atoms with van der Waals surface area (Å²) in [6, 6.07) is 0. The number of rotatable bonds is 74. The van der Waals surface area contributed by atoms with Gasteiger partial charge in [-0.15, -0.1) is 0 Å². The molecule has 0 fully saturated rings. The molecule has 0 aromatic carbocycles. The van der Waals surface area contributed by atoms with Crippen molar-refractivity contribution >= 4 is 33.6 Å². The molecule has 0 radical (unpaired) electrons. The van der Waals surface area contributed by atoms with E-state index in [1.807, 2.05) is 0 Å². The zero-order chi connectivity index (χ0) is 73.7. The van der Waals surface area contributed by atoms with Gasteiger partial charge < -0.3 is 34.2 Å². The Kier molecular flexibility index (Phi) is 72.2. The second kappa shape index (κ2) is 75.4. The maximum Gasteiger partial charge on any atom is 0.472 e. The van der Waals surface area contributed by atoms with E-state index in [9.17, 15) is 43.5 Å². The molecule has 5 unspecified atom stereocenters. The van der Waals surface area contributed by atoms with Crippen molar-refractivity contribution in [2.75, 3.05) is 39.6 Å². The highest BCUT2D eigenvalue weighted by Gasteiger charge is 2.29. The van der Waals surface area contributed by atoms with Crippen molar-refractivity contribution < 1.29 is 75.8 Å². The number of hydrogen-bond acceptors (Lipinski definition) is 14. The molecule has 0 spiro atoms. The van der Waals surface area contributed by atoms with Crippen LogP contribution >= 0.6 is 15.6 Å². The number of ether oxygens (including phenoxy) is 3. The van der Waals surface area contributed by atoms with Crippen LogP contribution in [0.5, 0.6) is 0 Å². The maximum absolute atomic E-state index is 12.9. The van der Waals surface area contributed by atoms with Crippen LogP contribution < -0.4 is 0 Å². The van der Waals surface area contributed by atoms with Gasteiger partial charge >= 0.3 is 33.6 Å². The smallest absolute Gasteiger partial charge is 0.463 e.